The van der Waals surface area contributed by atoms with Crippen molar-refractivity contribution in [3.63, 3.8) is 0 Å². The fraction of sp³-hybridized carbons (Fsp3) is 0.267. The van der Waals surface area contributed by atoms with Gasteiger partial charge in [-0.2, -0.15) is 5.10 Å². The Bertz CT molecular complexity index is 678. The first kappa shape index (κ1) is 12.7. The lowest BCUT2D eigenvalue weighted by atomic mass is 10.0. The SMILES string of the molecule is CCCNC(c1ccc2ncccc2c1)c1ncn[nH]1. The molecule has 102 valence electrons. The Morgan fingerprint density at radius 1 is 1.25 bits per heavy atom. The van der Waals surface area contributed by atoms with Crippen LogP contribution in [0.2, 0.25) is 0 Å². The number of rotatable bonds is 5. The van der Waals surface area contributed by atoms with Gasteiger partial charge in [0.1, 0.15) is 12.2 Å². The molecular formula is C15H17N5. The molecule has 1 atom stereocenters. The molecule has 2 N–H and O–H groups in total. The molecule has 0 aliphatic heterocycles. The predicted octanol–water partition coefficient (Wildman–Crippen LogP) is 2.44. The summed E-state index contributed by atoms with van der Waals surface area (Å²) < 4.78 is 0. The Morgan fingerprint density at radius 3 is 3.00 bits per heavy atom. The van der Waals surface area contributed by atoms with E-state index in [9.17, 15) is 0 Å². The molecule has 3 rings (SSSR count). The van der Waals surface area contributed by atoms with Crippen LogP contribution >= 0.6 is 0 Å². The van der Waals surface area contributed by atoms with E-state index in [-0.39, 0.29) is 6.04 Å². The van der Waals surface area contributed by atoms with E-state index in [1.165, 1.54) is 0 Å². The maximum absolute atomic E-state index is 4.35. The Kier molecular flexibility index (Phi) is 3.69. The van der Waals surface area contributed by atoms with E-state index >= 15 is 0 Å². The molecule has 0 aliphatic carbocycles. The number of hydrogen-bond donors (Lipinski definition) is 2. The van der Waals surface area contributed by atoms with Gasteiger partial charge in [0.2, 0.25) is 0 Å². The molecule has 2 heterocycles. The number of fused-ring (bicyclic) bond motifs is 1. The monoisotopic (exact) mass is 267 g/mol. The Labute approximate surface area is 117 Å². The van der Waals surface area contributed by atoms with Gasteiger partial charge in [0.25, 0.3) is 0 Å². The predicted molar refractivity (Wildman–Crippen MR) is 78.3 cm³/mol. The van der Waals surface area contributed by atoms with Gasteiger partial charge in [-0.05, 0) is 36.7 Å². The van der Waals surface area contributed by atoms with Gasteiger partial charge in [-0.1, -0.05) is 19.1 Å². The van der Waals surface area contributed by atoms with Crippen LogP contribution in [0.3, 0.4) is 0 Å². The quantitative estimate of drug-likeness (QED) is 0.745. The zero-order chi connectivity index (χ0) is 13.8. The van der Waals surface area contributed by atoms with Crippen molar-refractivity contribution in [2.45, 2.75) is 19.4 Å². The first-order chi connectivity index (χ1) is 9.88. The van der Waals surface area contributed by atoms with E-state index in [0.29, 0.717) is 0 Å². The summed E-state index contributed by atoms with van der Waals surface area (Å²) in [5.74, 6) is 0.835. The third-order valence-electron chi connectivity index (χ3n) is 3.27. The highest BCUT2D eigenvalue weighted by Gasteiger charge is 2.16. The second kappa shape index (κ2) is 5.79. The van der Waals surface area contributed by atoms with E-state index in [1.54, 1.807) is 6.33 Å². The lowest BCUT2D eigenvalue weighted by molar-refractivity contribution is 0.574. The zero-order valence-corrected chi connectivity index (χ0v) is 11.4. The molecule has 0 spiro atoms. The maximum atomic E-state index is 4.35. The van der Waals surface area contributed by atoms with Crippen LogP contribution in [0.1, 0.15) is 30.8 Å². The first-order valence-corrected chi connectivity index (χ1v) is 6.82. The molecule has 1 unspecified atom stereocenters. The molecule has 0 aliphatic rings. The maximum Gasteiger partial charge on any atom is 0.145 e. The third-order valence-corrected chi connectivity index (χ3v) is 3.27. The summed E-state index contributed by atoms with van der Waals surface area (Å²) in [6.07, 6.45) is 4.42. The topological polar surface area (TPSA) is 66.5 Å². The van der Waals surface area contributed by atoms with E-state index in [0.717, 1.165) is 35.3 Å². The van der Waals surface area contributed by atoms with E-state index < -0.39 is 0 Å². The highest BCUT2D eigenvalue weighted by molar-refractivity contribution is 5.79. The molecule has 0 radical (unpaired) electrons. The largest absolute Gasteiger partial charge is 0.304 e. The highest BCUT2D eigenvalue weighted by Crippen LogP contribution is 2.22. The Morgan fingerprint density at radius 2 is 2.20 bits per heavy atom. The second-order valence-electron chi connectivity index (χ2n) is 4.71. The minimum atomic E-state index is 0.0297. The summed E-state index contributed by atoms with van der Waals surface area (Å²) in [6.45, 7) is 3.07. The number of aromatic amines is 1. The number of benzene rings is 1. The van der Waals surface area contributed by atoms with Gasteiger partial charge in [0.15, 0.2) is 0 Å². The van der Waals surface area contributed by atoms with Crippen LogP contribution in [-0.4, -0.2) is 26.7 Å². The van der Waals surface area contributed by atoms with Gasteiger partial charge in [0.05, 0.1) is 11.6 Å². The van der Waals surface area contributed by atoms with Crippen molar-refractivity contribution in [1.29, 1.82) is 0 Å². The standard InChI is InChI=1S/C15H17N5/c1-2-7-17-14(15-18-10-19-20-15)12-5-6-13-11(9-12)4-3-8-16-13/h3-6,8-10,14,17H,2,7H2,1H3,(H,18,19,20). The highest BCUT2D eigenvalue weighted by atomic mass is 15.2. The fourth-order valence-electron chi connectivity index (χ4n) is 2.29. The smallest absolute Gasteiger partial charge is 0.145 e. The van der Waals surface area contributed by atoms with Crippen molar-refractivity contribution < 1.29 is 0 Å². The molecular weight excluding hydrogens is 250 g/mol. The lowest BCUT2D eigenvalue weighted by Crippen LogP contribution is -2.24. The molecule has 5 heteroatoms. The van der Waals surface area contributed by atoms with Crippen LogP contribution < -0.4 is 5.32 Å². The zero-order valence-electron chi connectivity index (χ0n) is 11.4. The minimum Gasteiger partial charge on any atom is -0.304 e. The molecule has 0 saturated heterocycles. The fourth-order valence-corrected chi connectivity index (χ4v) is 2.29. The van der Waals surface area contributed by atoms with Crippen LogP contribution in [0.4, 0.5) is 0 Å². The third kappa shape index (κ3) is 2.53. The van der Waals surface area contributed by atoms with Crippen molar-refractivity contribution in [1.82, 2.24) is 25.5 Å². The molecule has 5 nitrogen and oxygen atoms in total. The Balaban J connectivity index is 1.99. The Hall–Kier alpha value is -2.27. The van der Waals surface area contributed by atoms with E-state index in [2.05, 4.69) is 50.6 Å². The molecule has 0 amide bonds. The number of nitrogens with one attached hydrogen (secondary N) is 2. The van der Waals surface area contributed by atoms with Crippen LogP contribution in [0.25, 0.3) is 10.9 Å². The number of nitrogens with zero attached hydrogens (tertiary/aromatic N) is 3. The van der Waals surface area contributed by atoms with Gasteiger partial charge in [-0.15, -0.1) is 0 Å². The van der Waals surface area contributed by atoms with Crippen molar-refractivity contribution in [2.24, 2.45) is 0 Å². The van der Waals surface area contributed by atoms with Crippen molar-refractivity contribution >= 4 is 10.9 Å². The number of hydrogen-bond acceptors (Lipinski definition) is 4. The van der Waals surface area contributed by atoms with Gasteiger partial charge in [-0.25, -0.2) is 4.98 Å². The van der Waals surface area contributed by atoms with Crippen LogP contribution in [0.5, 0.6) is 0 Å². The van der Waals surface area contributed by atoms with Crippen LogP contribution in [0.15, 0.2) is 42.9 Å². The lowest BCUT2D eigenvalue weighted by Gasteiger charge is -2.16. The second-order valence-corrected chi connectivity index (χ2v) is 4.71. The van der Waals surface area contributed by atoms with Crippen LogP contribution in [-0.2, 0) is 0 Å². The summed E-state index contributed by atoms with van der Waals surface area (Å²) in [7, 11) is 0. The molecule has 20 heavy (non-hydrogen) atoms. The van der Waals surface area contributed by atoms with E-state index in [1.807, 2.05) is 18.3 Å². The molecule has 3 aromatic rings. The molecule has 0 fully saturated rings. The van der Waals surface area contributed by atoms with E-state index in [4.69, 9.17) is 0 Å². The minimum absolute atomic E-state index is 0.0297. The van der Waals surface area contributed by atoms with Crippen molar-refractivity contribution in [3.8, 4) is 0 Å². The van der Waals surface area contributed by atoms with Gasteiger partial charge < -0.3 is 5.32 Å². The average Bonchev–Trinajstić information content (AvgIpc) is 3.02. The van der Waals surface area contributed by atoms with Gasteiger partial charge >= 0.3 is 0 Å². The van der Waals surface area contributed by atoms with Gasteiger partial charge in [0, 0.05) is 11.6 Å². The van der Waals surface area contributed by atoms with Crippen LogP contribution in [0, 0.1) is 0 Å². The number of pyridine rings is 1. The number of aromatic nitrogens is 4. The summed E-state index contributed by atoms with van der Waals surface area (Å²) in [5.41, 5.74) is 2.17. The normalized spacial score (nSPS) is 12.7. The molecule has 0 saturated carbocycles. The van der Waals surface area contributed by atoms with Crippen molar-refractivity contribution in [2.75, 3.05) is 6.54 Å². The molecule has 0 bridgehead atoms. The summed E-state index contributed by atoms with van der Waals surface area (Å²) >= 11 is 0. The summed E-state index contributed by atoms with van der Waals surface area (Å²) in [6, 6.07) is 10.3. The summed E-state index contributed by atoms with van der Waals surface area (Å²) in [5, 5.41) is 11.5. The average molecular weight is 267 g/mol. The molecule has 2 aromatic heterocycles. The molecule has 1 aromatic carbocycles. The van der Waals surface area contributed by atoms with Crippen molar-refractivity contribution in [3.05, 3.63) is 54.2 Å². The summed E-state index contributed by atoms with van der Waals surface area (Å²) in [4.78, 5) is 8.63. The first-order valence-electron chi connectivity index (χ1n) is 6.82. The number of H-pyrrole nitrogens is 1. The van der Waals surface area contributed by atoms with Gasteiger partial charge in [-0.3, -0.25) is 10.1 Å².